The van der Waals surface area contributed by atoms with Gasteiger partial charge in [0.05, 0.1) is 12.5 Å². The average molecular weight is 167 g/mol. The zero-order valence-corrected chi connectivity index (χ0v) is 6.79. The van der Waals surface area contributed by atoms with Crippen molar-refractivity contribution in [3.63, 3.8) is 0 Å². The fraction of sp³-hybridized carbons (Fsp3) is 0.375. The molecule has 0 aromatic heterocycles. The van der Waals surface area contributed by atoms with E-state index < -0.39 is 0 Å². The van der Waals surface area contributed by atoms with E-state index in [0.717, 1.165) is 5.57 Å². The van der Waals surface area contributed by atoms with Crippen LogP contribution in [0.2, 0.25) is 0 Å². The summed E-state index contributed by atoms with van der Waals surface area (Å²) in [5.74, 6) is -0.304. The van der Waals surface area contributed by atoms with E-state index in [1.165, 1.54) is 0 Å². The molecule has 1 heterocycles. The predicted octanol–water partition coefficient (Wildman–Crippen LogP) is -0.768. The zero-order valence-electron chi connectivity index (χ0n) is 6.79. The van der Waals surface area contributed by atoms with Crippen molar-refractivity contribution >= 4 is 5.91 Å². The van der Waals surface area contributed by atoms with Crippen LogP contribution in [0, 0.1) is 0 Å². The molecule has 0 saturated carbocycles. The Bertz CT molecular complexity index is 232. The SMILES string of the molecule is NCC1=CNC(CC(N)=O)C=C1. The van der Waals surface area contributed by atoms with Crippen molar-refractivity contribution in [3.8, 4) is 0 Å². The first-order valence-electron chi connectivity index (χ1n) is 3.84. The van der Waals surface area contributed by atoms with Crippen molar-refractivity contribution in [1.82, 2.24) is 5.32 Å². The average Bonchev–Trinajstić information content (AvgIpc) is 2.05. The third-order valence-electron chi connectivity index (χ3n) is 1.68. The molecule has 66 valence electrons. The molecule has 0 saturated heterocycles. The number of rotatable bonds is 3. The van der Waals surface area contributed by atoms with Gasteiger partial charge in [0.2, 0.25) is 5.91 Å². The second-order valence-corrected chi connectivity index (χ2v) is 2.73. The number of primary amides is 1. The second kappa shape index (κ2) is 3.92. The van der Waals surface area contributed by atoms with Crippen molar-refractivity contribution in [1.29, 1.82) is 0 Å². The molecule has 0 aromatic carbocycles. The van der Waals surface area contributed by atoms with E-state index in [-0.39, 0.29) is 11.9 Å². The van der Waals surface area contributed by atoms with Gasteiger partial charge in [0.25, 0.3) is 0 Å². The summed E-state index contributed by atoms with van der Waals surface area (Å²) in [6, 6.07) is 0.0257. The van der Waals surface area contributed by atoms with E-state index in [9.17, 15) is 4.79 Å². The van der Waals surface area contributed by atoms with Crippen LogP contribution < -0.4 is 16.8 Å². The van der Waals surface area contributed by atoms with Crippen LogP contribution in [0.5, 0.6) is 0 Å². The fourth-order valence-electron chi connectivity index (χ4n) is 1.03. The van der Waals surface area contributed by atoms with Crippen LogP contribution in [0.4, 0.5) is 0 Å². The Morgan fingerprint density at radius 1 is 1.67 bits per heavy atom. The Balaban J connectivity index is 2.43. The van der Waals surface area contributed by atoms with E-state index in [1.807, 2.05) is 18.4 Å². The maximum atomic E-state index is 10.5. The molecule has 4 nitrogen and oxygen atoms in total. The summed E-state index contributed by atoms with van der Waals surface area (Å²) < 4.78 is 0. The Kier molecular flexibility index (Phi) is 2.88. The van der Waals surface area contributed by atoms with E-state index in [0.29, 0.717) is 13.0 Å². The first kappa shape index (κ1) is 8.80. The number of amides is 1. The van der Waals surface area contributed by atoms with Gasteiger partial charge >= 0.3 is 0 Å². The molecule has 1 rings (SSSR count). The highest BCUT2D eigenvalue weighted by atomic mass is 16.1. The first-order chi connectivity index (χ1) is 5.72. The van der Waals surface area contributed by atoms with E-state index in [2.05, 4.69) is 5.32 Å². The smallest absolute Gasteiger partial charge is 0.219 e. The summed E-state index contributed by atoms with van der Waals surface area (Å²) in [7, 11) is 0. The van der Waals surface area contributed by atoms with E-state index >= 15 is 0 Å². The highest BCUT2D eigenvalue weighted by Crippen LogP contribution is 2.04. The van der Waals surface area contributed by atoms with Crippen LogP contribution in [0.1, 0.15) is 6.42 Å². The van der Waals surface area contributed by atoms with Crippen molar-refractivity contribution in [3.05, 3.63) is 23.9 Å². The van der Waals surface area contributed by atoms with Crippen LogP contribution in [0.3, 0.4) is 0 Å². The summed E-state index contributed by atoms with van der Waals surface area (Å²) in [5, 5.41) is 3.02. The number of nitrogens with two attached hydrogens (primary N) is 2. The Labute approximate surface area is 71.3 Å². The van der Waals surface area contributed by atoms with Gasteiger partial charge < -0.3 is 16.8 Å². The minimum absolute atomic E-state index is 0.0257. The normalized spacial score (nSPS) is 21.4. The maximum absolute atomic E-state index is 10.5. The van der Waals surface area contributed by atoms with Gasteiger partial charge in [0.15, 0.2) is 0 Å². The molecule has 0 fully saturated rings. The summed E-state index contributed by atoms with van der Waals surface area (Å²) in [4.78, 5) is 10.5. The number of hydrogen-bond donors (Lipinski definition) is 3. The topological polar surface area (TPSA) is 81.1 Å². The highest BCUT2D eigenvalue weighted by Gasteiger charge is 2.09. The van der Waals surface area contributed by atoms with Gasteiger partial charge in [-0.2, -0.15) is 0 Å². The molecule has 4 heteroatoms. The number of nitrogens with one attached hydrogen (secondary N) is 1. The lowest BCUT2D eigenvalue weighted by molar-refractivity contribution is -0.118. The Morgan fingerprint density at radius 3 is 2.83 bits per heavy atom. The monoisotopic (exact) mass is 167 g/mol. The van der Waals surface area contributed by atoms with Crippen LogP contribution in [0.15, 0.2) is 23.9 Å². The quantitative estimate of drug-likeness (QED) is 0.516. The highest BCUT2D eigenvalue weighted by molar-refractivity contribution is 5.74. The molecule has 5 N–H and O–H groups in total. The number of dihydropyridines is 1. The maximum Gasteiger partial charge on any atom is 0.219 e. The van der Waals surface area contributed by atoms with Crippen molar-refractivity contribution in [2.45, 2.75) is 12.5 Å². The van der Waals surface area contributed by atoms with Crippen molar-refractivity contribution < 1.29 is 4.79 Å². The lowest BCUT2D eigenvalue weighted by Crippen LogP contribution is -2.30. The number of carbonyl (C=O) groups is 1. The minimum Gasteiger partial charge on any atom is -0.384 e. The van der Waals surface area contributed by atoms with Gasteiger partial charge in [-0.05, 0) is 5.57 Å². The van der Waals surface area contributed by atoms with Crippen molar-refractivity contribution in [2.75, 3.05) is 6.54 Å². The van der Waals surface area contributed by atoms with Gasteiger partial charge in [-0.15, -0.1) is 0 Å². The molecule has 12 heavy (non-hydrogen) atoms. The van der Waals surface area contributed by atoms with Gasteiger partial charge in [0.1, 0.15) is 0 Å². The molecular weight excluding hydrogens is 154 g/mol. The predicted molar refractivity (Wildman–Crippen MR) is 47.0 cm³/mol. The van der Waals surface area contributed by atoms with Crippen LogP contribution in [0.25, 0.3) is 0 Å². The Morgan fingerprint density at radius 2 is 2.42 bits per heavy atom. The second-order valence-electron chi connectivity index (χ2n) is 2.73. The van der Waals surface area contributed by atoms with Gasteiger partial charge in [-0.25, -0.2) is 0 Å². The summed E-state index contributed by atoms with van der Waals surface area (Å²) in [5.41, 5.74) is 11.5. The molecule has 0 radical (unpaired) electrons. The standard InChI is InChI=1S/C8H13N3O/c9-4-6-1-2-7(11-5-6)3-8(10)12/h1-2,5,7,11H,3-4,9H2,(H2,10,12). The molecule has 1 atom stereocenters. The molecule has 0 bridgehead atoms. The van der Waals surface area contributed by atoms with Gasteiger partial charge in [-0.3, -0.25) is 4.79 Å². The largest absolute Gasteiger partial charge is 0.384 e. The lowest BCUT2D eigenvalue weighted by Gasteiger charge is -2.16. The number of hydrogen-bond acceptors (Lipinski definition) is 3. The molecule has 1 unspecified atom stereocenters. The molecule has 1 amide bonds. The minimum atomic E-state index is -0.304. The first-order valence-corrected chi connectivity index (χ1v) is 3.84. The van der Waals surface area contributed by atoms with Crippen LogP contribution in [-0.4, -0.2) is 18.5 Å². The fourth-order valence-corrected chi connectivity index (χ4v) is 1.03. The third-order valence-corrected chi connectivity index (χ3v) is 1.68. The molecule has 0 spiro atoms. The third kappa shape index (κ3) is 2.39. The lowest BCUT2D eigenvalue weighted by atomic mass is 10.1. The van der Waals surface area contributed by atoms with Gasteiger partial charge in [0, 0.05) is 12.7 Å². The Hall–Kier alpha value is -1.29. The van der Waals surface area contributed by atoms with Gasteiger partial charge in [-0.1, -0.05) is 12.2 Å². The molecular formula is C8H13N3O. The molecule has 1 aliphatic rings. The molecule has 0 aliphatic carbocycles. The summed E-state index contributed by atoms with van der Waals surface area (Å²) in [6.07, 6.45) is 5.94. The summed E-state index contributed by atoms with van der Waals surface area (Å²) >= 11 is 0. The van der Waals surface area contributed by atoms with E-state index in [1.54, 1.807) is 0 Å². The van der Waals surface area contributed by atoms with E-state index in [4.69, 9.17) is 11.5 Å². The molecule has 0 aromatic rings. The van der Waals surface area contributed by atoms with Crippen molar-refractivity contribution in [2.24, 2.45) is 11.5 Å². The zero-order chi connectivity index (χ0) is 8.97. The van der Waals surface area contributed by atoms with Crippen LogP contribution >= 0.6 is 0 Å². The van der Waals surface area contributed by atoms with Crippen LogP contribution in [-0.2, 0) is 4.79 Å². The number of carbonyl (C=O) groups excluding carboxylic acids is 1. The summed E-state index contributed by atoms with van der Waals surface area (Å²) in [6.45, 7) is 0.507. The molecule has 1 aliphatic heterocycles.